The molecule has 0 bridgehead atoms. The van der Waals surface area contributed by atoms with Crippen molar-refractivity contribution in [1.29, 1.82) is 0 Å². The molecular weight excluding hydrogens is 272 g/mol. The maximum absolute atomic E-state index is 10.4. The normalized spacial score (nSPS) is 15.4. The van der Waals surface area contributed by atoms with Gasteiger partial charge in [0.1, 0.15) is 5.60 Å². The zero-order valence-electron chi connectivity index (χ0n) is 10.2. The van der Waals surface area contributed by atoms with E-state index in [-0.39, 0.29) is 12.6 Å². The molecule has 0 radical (unpaired) electrons. The lowest BCUT2D eigenvalue weighted by Gasteiger charge is -2.26. The zero-order chi connectivity index (χ0) is 12.3. The summed E-state index contributed by atoms with van der Waals surface area (Å²) in [6, 6.07) is 0.203. The van der Waals surface area contributed by atoms with Gasteiger partial charge in [0.15, 0.2) is 0 Å². The highest BCUT2D eigenvalue weighted by atomic mass is 79.9. The number of aromatic nitrogens is 2. The summed E-state index contributed by atoms with van der Waals surface area (Å²) in [7, 11) is 0. The van der Waals surface area contributed by atoms with Crippen molar-refractivity contribution in [2.45, 2.75) is 39.3 Å². The van der Waals surface area contributed by atoms with Crippen LogP contribution in [0.25, 0.3) is 0 Å². The summed E-state index contributed by atoms with van der Waals surface area (Å²) in [5.74, 6) is 0. The van der Waals surface area contributed by atoms with Gasteiger partial charge in [0.05, 0.1) is 23.0 Å². The minimum atomic E-state index is -1.03. The van der Waals surface area contributed by atoms with E-state index in [2.05, 4.69) is 21.0 Å². The van der Waals surface area contributed by atoms with Gasteiger partial charge < -0.3 is 9.84 Å². The summed E-state index contributed by atoms with van der Waals surface area (Å²) in [6.07, 6.45) is 1.70. The molecule has 0 aliphatic carbocycles. The molecule has 0 saturated carbocycles. The second kappa shape index (κ2) is 5.29. The predicted molar refractivity (Wildman–Crippen MR) is 66.4 cm³/mol. The fourth-order valence-electron chi connectivity index (χ4n) is 1.61. The molecule has 1 N–H and O–H groups in total. The quantitative estimate of drug-likeness (QED) is 0.906. The molecule has 0 spiro atoms. The van der Waals surface area contributed by atoms with Gasteiger partial charge in [-0.1, -0.05) is 0 Å². The predicted octanol–water partition coefficient (Wildman–Crippen LogP) is 2.47. The standard InChI is InChI=1S/C11H19BrN2O2/c1-5-16-7-11(4,15)10-9(12)6-13-14(10)8(2)3/h6,8,15H,5,7H2,1-4H3. The van der Waals surface area contributed by atoms with Crippen molar-refractivity contribution in [3.63, 3.8) is 0 Å². The van der Waals surface area contributed by atoms with Crippen molar-refractivity contribution < 1.29 is 9.84 Å². The van der Waals surface area contributed by atoms with Crippen molar-refractivity contribution in [2.24, 2.45) is 0 Å². The van der Waals surface area contributed by atoms with Crippen molar-refractivity contribution >= 4 is 15.9 Å². The van der Waals surface area contributed by atoms with Gasteiger partial charge in [-0.25, -0.2) is 0 Å². The Hall–Kier alpha value is -0.390. The van der Waals surface area contributed by atoms with Crippen LogP contribution in [0, 0.1) is 0 Å². The van der Waals surface area contributed by atoms with Crippen LogP contribution >= 0.6 is 15.9 Å². The van der Waals surface area contributed by atoms with Crippen LogP contribution in [0.5, 0.6) is 0 Å². The molecule has 1 heterocycles. The maximum Gasteiger partial charge on any atom is 0.128 e. The van der Waals surface area contributed by atoms with Crippen molar-refractivity contribution in [3.8, 4) is 0 Å². The molecule has 0 aromatic carbocycles. The smallest absolute Gasteiger partial charge is 0.128 e. The fraction of sp³-hybridized carbons (Fsp3) is 0.727. The summed E-state index contributed by atoms with van der Waals surface area (Å²) in [5.41, 5.74) is -0.272. The SMILES string of the molecule is CCOCC(C)(O)c1c(Br)cnn1C(C)C. The first-order valence-corrected chi connectivity index (χ1v) is 6.23. The van der Waals surface area contributed by atoms with Crippen LogP contribution in [-0.4, -0.2) is 28.1 Å². The van der Waals surface area contributed by atoms with E-state index in [0.717, 1.165) is 10.2 Å². The second-order valence-electron chi connectivity index (χ2n) is 4.29. The largest absolute Gasteiger partial charge is 0.381 e. The highest BCUT2D eigenvalue weighted by molar-refractivity contribution is 9.10. The average Bonchev–Trinajstić information content (AvgIpc) is 2.58. The Bertz CT molecular complexity index is 348. The van der Waals surface area contributed by atoms with Crippen LogP contribution in [0.15, 0.2) is 10.7 Å². The Labute approximate surface area is 105 Å². The minimum Gasteiger partial charge on any atom is -0.381 e. The fourth-order valence-corrected chi connectivity index (χ4v) is 2.31. The van der Waals surface area contributed by atoms with Gasteiger partial charge in [-0.3, -0.25) is 4.68 Å². The van der Waals surface area contributed by atoms with Crippen LogP contribution < -0.4 is 0 Å². The van der Waals surface area contributed by atoms with Gasteiger partial charge >= 0.3 is 0 Å². The van der Waals surface area contributed by atoms with Crippen LogP contribution in [0.3, 0.4) is 0 Å². The van der Waals surface area contributed by atoms with Gasteiger partial charge in [-0.05, 0) is 43.6 Å². The van der Waals surface area contributed by atoms with Gasteiger partial charge in [0.25, 0.3) is 0 Å². The van der Waals surface area contributed by atoms with Crippen LogP contribution in [0.2, 0.25) is 0 Å². The molecule has 1 aromatic heterocycles. The lowest BCUT2D eigenvalue weighted by Crippen LogP contribution is -2.32. The van der Waals surface area contributed by atoms with Crippen molar-refractivity contribution in [2.75, 3.05) is 13.2 Å². The van der Waals surface area contributed by atoms with E-state index >= 15 is 0 Å². The Balaban J connectivity index is 3.05. The summed E-state index contributed by atoms with van der Waals surface area (Å²) in [6.45, 7) is 8.55. The number of ether oxygens (including phenoxy) is 1. The van der Waals surface area contributed by atoms with Crippen LogP contribution in [-0.2, 0) is 10.3 Å². The number of hydrogen-bond donors (Lipinski definition) is 1. The van der Waals surface area contributed by atoms with Gasteiger partial charge in [0.2, 0.25) is 0 Å². The molecule has 1 unspecified atom stereocenters. The average molecular weight is 291 g/mol. The molecule has 0 saturated heterocycles. The van der Waals surface area contributed by atoms with E-state index in [1.54, 1.807) is 13.1 Å². The maximum atomic E-state index is 10.4. The van der Waals surface area contributed by atoms with E-state index in [0.29, 0.717) is 6.61 Å². The molecule has 92 valence electrons. The molecule has 0 aliphatic rings. The van der Waals surface area contributed by atoms with Crippen molar-refractivity contribution in [1.82, 2.24) is 9.78 Å². The zero-order valence-corrected chi connectivity index (χ0v) is 11.8. The summed E-state index contributed by atoms with van der Waals surface area (Å²) >= 11 is 3.41. The van der Waals surface area contributed by atoms with E-state index < -0.39 is 5.60 Å². The first-order chi connectivity index (χ1) is 7.40. The number of nitrogens with zero attached hydrogens (tertiary/aromatic N) is 2. The first kappa shape index (κ1) is 13.7. The molecule has 1 aromatic rings. The Kier molecular flexibility index (Phi) is 4.52. The third kappa shape index (κ3) is 2.84. The summed E-state index contributed by atoms with van der Waals surface area (Å²) in [4.78, 5) is 0. The Morgan fingerprint density at radius 3 is 2.75 bits per heavy atom. The molecule has 0 amide bonds. The molecule has 1 atom stereocenters. The third-order valence-corrected chi connectivity index (χ3v) is 2.92. The van der Waals surface area contributed by atoms with E-state index in [9.17, 15) is 5.11 Å². The number of rotatable bonds is 5. The monoisotopic (exact) mass is 290 g/mol. The molecule has 4 nitrogen and oxygen atoms in total. The lowest BCUT2D eigenvalue weighted by atomic mass is 10.0. The van der Waals surface area contributed by atoms with E-state index in [4.69, 9.17) is 4.74 Å². The first-order valence-electron chi connectivity index (χ1n) is 5.43. The molecular formula is C11H19BrN2O2. The van der Waals surface area contributed by atoms with Crippen LogP contribution in [0.4, 0.5) is 0 Å². The molecule has 16 heavy (non-hydrogen) atoms. The summed E-state index contributed by atoms with van der Waals surface area (Å²) < 4.78 is 7.92. The van der Waals surface area contributed by atoms with Gasteiger partial charge in [-0.15, -0.1) is 0 Å². The highest BCUT2D eigenvalue weighted by Crippen LogP contribution is 2.30. The number of halogens is 1. The van der Waals surface area contributed by atoms with Gasteiger partial charge in [-0.2, -0.15) is 5.10 Å². The number of hydrogen-bond acceptors (Lipinski definition) is 3. The molecule has 0 fully saturated rings. The van der Waals surface area contributed by atoms with Gasteiger partial charge in [0, 0.05) is 12.6 Å². The summed E-state index contributed by atoms with van der Waals surface area (Å²) in [5, 5.41) is 14.6. The highest BCUT2D eigenvalue weighted by Gasteiger charge is 2.31. The Morgan fingerprint density at radius 2 is 2.25 bits per heavy atom. The molecule has 0 aliphatic heterocycles. The Morgan fingerprint density at radius 1 is 1.62 bits per heavy atom. The van der Waals surface area contributed by atoms with E-state index in [1.165, 1.54) is 0 Å². The molecule has 1 rings (SSSR count). The second-order valence-corrected chi connectivity index (χ2v) is 5.14. The van der Waals surface area contributed by atoms with Crippen molar-refractivity contribution in [3.05, 3.63) is 16.4 Å². The molecule has 5 heteroatoms. The van der Waals surface area contributed by atoms with Crippen LogP contribution in [0.1, 0.15) is 39.4 Å². The van der Waals surface area contributed by atoms with E-state index in [1.807, 2.05) is 25.5 Å². The number of aliphatic hydroxyl groups is 1. The minimum absolute atomic E-state index is 0.203. The third-order valence-electron chi connectivity index (χ3n) is 2.34. The topological polar surface area (TPSA) is 47.3 Å². The lowest BCUT2D eigenvalue weighted by molar-refractivity contribution is -0.0411.